The van der Waals surface area contributed by atoms with E-state index in [1.165, 1.54) is 11.1 Å². The molecule has 92 valence electrons. The molecule has 1 aliphatic heterocycles. The normalized spacial score (nSPS) is 18.5. The lowest BCUT2D eigenvalue weighted by Crippen LogP contribution is -2.45. The lowest BCUT2D eigenvalue weighted by Gasteiger charge is -2.37. The number of benzene rings is 1. The van der Waals surface area contributed by atoms with Crippen molar-refractivity contribution in [3.05, 3.63) is 54.0 Å². The van der Waals surface area contributed by atoms with E-state index in [1.54, 1.807) is 12.5 Å². The van der Waals surface area contributed by atoms with E-state index in [1.807, 2.05) is 6.07 Å². The van der Waals surface area contributed by atoms with Crippen LogP contribution in [-0.4, -0.2) is 22.6 Å². The molecule has 0 saturated heterocycles. The van der Waals surface area contributed by atoms with Crippen molar-refractivity contribution >= 4 is 5.82 Å². The molecule has 4 heteroatoms. The van der Waals surface area contributed by atoms with Crippen molar-refractivity contribution < 1.29 is 0 Å². The van der Waals surface area contributed by atoms with Crippen molar-refractivity contribution in [1.82, 2.24) is 9.97 Å². The number of fused-ring (bicyclic) bond motifs is 1. The molecule has 4 nitrogen and oxygen atoms in total. The number of nitrogens with two attached hydrogens (primary N) is 1. The number of rotatable bonds is 2. The highest BCUT2D eigenvalue weighted by molar-refractivity contribution is 5.45. The topological polar surface area (TPSA) is 55.0 Å². The first-order valence-electron chi connectivity index (χ1n) is 6.18. The zero-order chi connectivity index (χ0) is 12.4. The Morgan fingerprint density at radius 3 is 2.78 bits per heavy atom. The number of hydrogen-bond acceptors (Lipinski definition) is 4. The first-order chi connectivity index (χ1) is 8.88. The van der Waals surface area contributed by atoms with Crippen LogP contribution >= 0.6 is 0 Å². The molecule has 0 fully saturated rings. The van der Waals surface area contributed by atoms with Crippen molar-refractivity contribution in [2.24, 2.45) is 5.73 Å². The first kappa shape index (κ1) is 11.2. The molecule has 0 saturated carbocycles. The Morgan fingerprint density at radius 1 is 1.22 bits per heavy atom. The van der Waals surface area contributed by atoms with E-state index in [9.17, 15) is 0 Å². The van der Waals surface area contributed by atoms with E-state index in [2.05, 4.69) is 39.1 Å². The fraction of sp³-hybridized carbons (Fsp3) is 0.286. The van der Waals surface area contributed by atoms with E-state index in [0.717, 1.165) is 18.8 Å². The Bertz CT molecular complexity index is 526. The van der Waals surface area contributed by atoms with Gasteiger partial charge in [0, 0.05) is 25.3 Å². The van der Waals surface area contributed by atoms with Crippen LogP contribution < -0.4 is 10.6 Å². The predicted molar refractivity (Wildman–Crippen MR) is 71.2 cm³/mol. The van der Waals surface area contributed by atoms with Crippen molar-refractivity contribution in [3.8, 4) is 0 Å². The van der Waals surface area contributed by atoms with Crippen LogP contribution in [0.4, 0.5) is 5.82 Å². The highest BCUT2D eigenvalue weighted by Gasteiger charge is 2.25. The van der Waals surface area contributed by atoms with Gasteiger partial charge in [-0.2, -0.15) is 0 Å². The highest BCUT2D eigenvalue weighted by atomic mass is 15.2. The number of aromatic nitrogens is 2. The van der Waals surface area contributed by atoms with Gasteiger partial charge in [0.1, 0.15) is 12.1 Å². The molecule has 1 atom stereocenters. The predicted octanol–water partition coefficient (Wildman–Crippen LogP) is 1.37. The zero-order valence-corrected chi connectivity index (χ0v) is 10.2. The van der Waals surface area contributed by atoms with Crippen LogP contribution in [0.15, 0.2) is 42.9 Å². The van der Waals surface area contributed by atoms with Gasteiger partial charge in [0.15, 0.2) is 0 Å². The largest absolute Gasteiger partial charge is 0.348 e. The third kappa shape index (κ3) is 1.95. The average Bonchev–Trinajstić information content (AvgIpc) is 2.46. The summed E-state index contributed by atoms with van der Waals surface area (Å²) < 4.78 is 0. The van der Waals surface area contributed by atoms with Crippen molar-refractivity contribution in [2.75, 3.05) is 11.4 Å². The van der Waals surface area contributed by atoms with E-state index < -0.39 is 0 Å². The van der Waals surface area contributed by atoms with Crippen LogP contribution in [-0.2, 0) is 13.0 Å². The average molecular weight is 240 g/mol. The zero-order valence-electron chi connectivity index (χ0n) is 10.2. The quantitative estimate of drug-likeness (QED) is 0.861. The summed E-state index contributed by atoms with van der Waals surface area (Å²) >= 11 is 0. The highest BCUT2D eigenvalue weighted by Crippen LogP contribution is 2.26. The smallest absolute Gasteiger partial charge is 0.132 e. The molecule has 2 aromatic rings. The van der Waals surface area contributed by atoms with Crippen molar-refractivity contribution in [2.45, 2.75) is 19.0 Å². The van der Waals surface area contributed by atoms with Gasteiger partial charge in [-0.25, -0.2) is 9.97 Å². The lowest BCUT2D eigenvalue weighted by molar-refractivity contribution is 0.555. The molecule has 0 bridgehead atoms. The van der Waals surface area contributed by atoms with Crippen LogP contribution in [0.1, 0.15) is 11.1 Å². The van der Waals surface area contributed by atoms with Gasteiger partial charge in [0.25, 0.3) is 0 Å². The lowest BCUT2D eigenvalue weighted by atomic mass is 9.94. The van der Waals surface area contributed by atoms with Crippen LogP contribution in [0, 0.1) is 0 Å². The molecule has 0 spiro atoms. The van der Waals surface area contributed by atoms with Crippen LogP contribution in [0.25, 0.3) is 0 Å². The van der Waals surface area contributed by atoms with Gasteiger partial charge < -0.3 is 10.6 Å². The summed E-state index contributed by atoms with van der Waals surface area (Å²) in [6.45, 7) is 1.51. The SMILES string of the molecule is NCC1Cc2ccccc2CN1c1ccncn1. The molecule has 1 aromatic heterocycles. The number of anilines is 1. The molecular weight excluding hydrogens is 224 g/mol. The summed E-state index contributed by atoms with van der Waals surface area (Å²) in [5.41, 5.74) is 8.67. The number of hydrogen-bond donors (Lipinski definition) is 1. The van der Waals surface area contributed by atoms with Gasteiger partial charge in [0.05, 0.1) is 0 Å². The summed E-state index contributed by atoms with van der Waals surface area (Å²) in [5.74, 6) is 0.954. The summed E-state index contributed by atoms with van der Waals surface area (Å²) in [4.78, 5) is 10.6. The maximum atomic E-state index is 5.90. The van der Waals surface area contributed by atoms with E-state index in [4.69, 9.17) is 5.73 Å². The third-order valence-electron chi connectivity index (χ3n) is 3.49. The molecule has 0 aliphatic carbocycles. The fourth-order valence-electron chi connectivity index (χ4n) is 2.52. The molecule has 3 rings (SSSR count). The van der Waals surface area contributed by atoms with E-state index >= 15 is 0 Å². The molecule has 1 aromatic carbocycles. The summed E-state index contributed by atoms with van der Waals surface area (Å²) in [6, 6.07) is 10.8. The van der Waals surface area contributed by atoms with Crippen molar-refractivity contribution in [1.29, 1.82) is 0 Å². The third-order valence-corrected chi connectivity index (χ3v) is 3.49. The molecule has 18 heavy (non-hydrogen) atoms. The number of nitrogens with zero attached hydrogens (tertiary/aromatic N) is 3. The minimum atomic E-state index is 0.315. The Kier molecular flexibility index (Phi) is 2.94. The monoisotopic (exact) mass is 240 g/mol. The second-order valence-corrected chi connectivity index (χ2v) is 4.56. The molecule has 2 N–H and O–H groups in total. The molecular formula is C14H16N4. The second-order valence-electron chi connectivity index (χ2n) is 4.56. The Hall–Kier alpha value is -1.94. The minimum absolute atomic E-state index is 0.315. The Morgan fingerprint density at radius 2 is 2.06 bits per heavy atom. The van der Waals surface area contributed by atoms with E-state index in [0.29, 0.717) is 12.6 Å². The van der Waals surface area contributed by atoms with E-state index in [-0.39, 0.29) is 0 Å². The second kappa shape index (κ2) is 4.74. The van der Waals surface area contributed by atoms with Gasteiger partial charge in [0.2, 0.25) is 0 Å². The molecule has 0 radical (unpaired) electrons. The molecule has 0 amide bonds. The standard InChI is InChI=1S/C14H16N4/c15-8-13-7-11-3-1-2-4-12(11)9-18(13)14-5-6-16-10-17-14/h1-6,10,13H,7-9,15H2. The van der Waals surface area contributed by atoms with Gasteiger partial charge in [-0.3, -0.25) is 0 Å². The summed E-state index contributed by atoms with van der Waals surface area (Å²) in [5, 5.41) is 0. The maximum absolute atomic E-state index is 5.90. The molecule has 1 unspecified atom stereocenters. The van der Waals surface area contributed by atoms with Crippen molar-refractivity contribution in [3.63, 3.8) is 0 Å². The fourth-order valence-corrected chi connectivity index (χ4v) is 2.52. The maximum Gasteiger partial charge on any atom is 0.132 e. The van der Waals surface area contributed by atoms with Gasteiger partial charge in [-0.1, -0.05) is 24.3 Å². The Balaban J connectivity index is 1.96. The van der Waals surface area contributed by atoms with Gasteiger partial charge in [-0.15, -0.1) is 0 Å². The van der Waals surface area contributed by atoms with Crippen LogP contribution in [0.5, 0.6) is 0 Å². The first-order valence-corrected chi connectivity index (χ1v) is 6.18. The van der Waals surface area contributed by atoms with Crippen LogP contribution in [0.2, 0.25) is 0 Å². The molecule has 2 heterocycles. The summed E-state index contributed by atoms with van der Waals surface area (Å²) in [7, 11) is 0. The van der Waals surface area contributed by atoms with Crippen LogP contribution in [0.3, 0.4) is 0 Å². The minimum Gasteiger partial charge on any atom is -0.348 e. The van der Waals surface area contributed by atoms with Gasteiger partial charge >= 0.3 is 0 Å². The summed E-state index contributed by atoms with van der Waals surface area (Å²) in [6.07, 6.45) is 4.34. The Labute approximate surface area is 106 Å². The van der Waals surface area contributed by atoms with Gasteiger partial charge in [-0.05, 0) is 23.6 Å². The molecule has 1 aliphatic rings.